The number of hydroxylamine groups is 1. The number of aromatic amines is 1. The van der Waals surface area contributed by atoms with Crippen LogP contribution >= 0.6 is 0 Å². The van der Waals surface area contributed by atoms with Crippen LogP contribution in [-0.4, -0.2) is 32.5 Å². The van der Waals surface area contributed by atoms with Crippen LogP contribution < -0.4 is 5.48 Å². The van der Waals surface area contributed by atoms with Gasteiger partial charge in [-0.1, -0.05) is 53.7 Å². The van der Waals surface area contributed by atoms with E-state index in [1.54, 1.807) is 23.7 Å². The van der Waals surface area contributed by atoms with Crippen molar-refractivity contribution in [2.45, 2.75) is 0 Å². The zero-order valence-corrected chi connectivity index (χ0v) is 14.6. The van der Waals surface area contributed by atoms with Gasteiger partial charge in [-0.25, -0.2) is 10.5 Å². The first-order chi connectivity index (χ1) is 13.7. The maximum absolute atomic E-state index is 11.5. The highest BCUT2D eigenvalue weighted by Gasteiger charge is 2.09. The third kappa shape index (κ3) is 3.34. The minimum Gasteiger partial charge on any atom is -0.411 e. The highest BCUT2D eigenvalue weighted by molar-refractivity contribution is 5.97. The van der Waals surface area contributed by atoms with E-state index in [-0.39, 0.29) is 0 Å². The molecule has 7 heteroatoms. The van der Waals surface area contributed by atoms with Crippen LogP contribution in [0.15, 0.2) is 71.9 Å². The molecule has 0 spiro atoms. The van der Waals surface area contributed by atoms with Crippen molar-refractivity contribution < 1.29 is 15.2 Å². The van der Waals surface area contributed by atoms with Crippen LogP contribution in [-0.2, 0) is 0 Å². The minimum atomic E-state index is -0.571. The minimum absolute atomic E-state index is 0.343. The monoisotopic (exact) mass is 372 g/mol. The molecule has 138 valence electrons. The van der Waals surface area contributed by atoms with Gasteiger partial charge >= 0.3 is 0 Å². The maximum Gasteiger partial charge on any atom is 0.274 e. The van der Waals surface area contributed by atoms with Gasteiger partial charge in [-0.3, -0.25) is 10.0 Å². The fourth-order valence-corrected chi connectivity index (χ4v) is 3.00. The van der Waals surface area contributed by atoms with Crippen LogP contribution in [0.1, 0.15) is 15.9 Å². The number of aromatic nitrogens is 2. The average molecular weight is 372 g/mol. The molecule has 4 N–H and O–H groups in total. The second-order valence-corrected chi connectivity index (χ2v) is 6.20. The molecule has 0 atom stereocenters. The molecule has 4 aromatic rings. The lowest BCUT2D eigenvalue weighted by Crippen LogP contribution is -2.18. The second kappa shape index (κ2) is 7.34. The molecule has 0 aliphatic rings. The Bertz CT molecular complexity index is 1160. The summed E-state index contributed by atoms with van der Waals surface area (Å²) >= 11 is 0. The Morgan fingerprint density at radius 1 is 0.964 bits per heavy atom. The van der Waals surface area contributed by atoms with Crippen molar-refractivity contribution in [1.29, 1.82) is 0 Å². The van der Waals surface area contributed by atoms with E-state index in [4.69, 9.17) is 10.4 Å². The first kappa shape index (κ1) is 17.4. The molecule has 0 unspecified atom stereocenters. The Morgan fingerprint density at radius 3 is 2.25 bits per heavy atom. The quantitative estimate of drug-likeness (QED) is 0.189. The van der Waals surface area contributed by atoms with Crippen LogP contribution in [0.2, 0.25) is 0 Å². The van der Waals surface area contributed by atoms with E-state index in [2.05, 4.69) is 15.1 Å². The van der Waals surface area contributed by atoms with Crippen molar-refractivity contribution in [1.82, 2.24) is 15.4 Å². The summed E-state index contributed by atoms with van der Waals surface area (Å²) in [5.41, 5.74) is 7.24. The summed E-state index contributed by atoms with van der Waals surface area (Å²) in [5, 5.41) is 20.4. The Hall–Kier alpha value is -3.97. The summed E-state index contributed by atoms with van der Waals surface area (Å²) in [5.74, 6) is 0.122. The lowest BCUT2D eigenvalue weighted by molar-refractivity contribution is 0.0706. The molecular formula is C21H16N4O3. The number of hydrogen-bond acceptors (Lipinski definition) is 5. The maximum atomic E-state index is 11.5. The van der Waals surface area contributed by atoms with Gasteiger partial charge in [-0.2, -0.15) is 0 Å². The number of carbonyl (C=O) groups is 1. The van der Waals surface area contributed by atoms with Crippen LogP contribution in [0.4, 0.5) is 0 Å². The first-order valence-electron chi connectivity index (χ1n) is 8.50. The van der Waals surface area contributed by atoms with E-state index < -0.39 is 5.91 Å². The molecule has 0 fully saturated rings. The molecule has 0 saturated heterocycles. The van der Waals surface area contributed by atoms with E-state index in [1.165, 1.54) is 6.21 Å². The van der Waals surface area contributed by atoms with E-state index in [1.807, 2.05) is 48.5 Å². The standard InChI is InChI=1S/C21H16N4O3/c26-21(25-28)17-9-10-18-19(11-17)24-20(23-18)16-7-5-15(6-8-16)14-3-1-13(2-4-14)12-22-27/h1-12,27-28H,(H,23,24)(H,25,26). The summed E-state index contributed by atoms with van der Waals surface area (Å²) in [6, 6.07) is 20.6. The molecule has 0 bridgehead atoms. The van der Waals surface area contributed by atoms with E-state index in [0.717, 1.165) is 27.8 Å². The molecule has 0 radical (unpaired) electrons. The Balaban J connectivity index is 1.62. The first-order valence-corrected chi connectivity index (χ1v) is 8.50. The SMILES string of the molecule is O=C(NO)c1ccc2nc(-c3ccc(-c4ccc(C=NO)cc4)cc3)[nH]c2c1. The number of benzene rings is 3. The van der Waals surface area contributed by atoms with Crippen LogP contribution in [0.3, 0.4) is 0 Å². The molecule has 0 aliphatic heterocycles. The third-order valence-corrected chi connectivity index (χ3v) is 4.45. The summed E-state index contributed by atoms with van der Waals surface area (Å²) < 4.78 is 0. The molecular weight excluding hydrogens is 356 g/mol. The fraction of sp³-hybridized carbons (Fsp3) is 0. The number of hydrogen-bond donors (Lipinski definition) is 4. The van der Waals surface area contributed by atoms with Crippen molar-refractivity contribution in [2.75, 3.05) is 0 Å². The van der Waals surface area contributed by atoms with Gasteiger partial charge in [0.25, 0.3) is 5.91 Å². The zero-order valence-electron chi connectivity index (χ0n) is 14.6. The van der Waals surface area contributed by atoms with Crippen molar-refractivity contribution in [3.05, 3.63) is 77.9 Å². The fourth-order valence-electron chi connectivity index (χ4n) is 3.00. The molecule has 3 aromatic carbocycles. The van der Waals surface area contributed by atoms with Crippen molar-refractivity contribution >= 4 is 23.2 Å². The smallest absolute Gasteiger partial charge is 0.274 e. The normalized spacial score (nSPS) is 11.2. The van der Waals surface area contributed by atoms with Gasteiger partial charge in [-0.15, -0.1) is 0 Å². The molecule has 0 saturated carbocycles. The predicted molar refractivity (Wildman–Crippen MR) is 106 cm³/mol. The summed E-state index contributed by atoms with van der Waals surface area (Å²) in [6.07, 6.45) is 1.38. The molecule has 0 aliphatic carbocycles. The second-order valence-electron chi connectivity index (χ2n) is 6.20. The van der Waals surface area contributed by atoms with Gasteiger partial charge < -0.3 is 10.2 Å². The van der Waals surface area contributed by atoms with Gasteiger partial charge in [0.15, 0.2) is 0 Å². The summed E-state index contributed by atoms with van der Waals surface area (Å²) in [4.78, 5) is 19.3. The predicted octanol–water partition coefficient (Wildman–Crippen LogP) is 3.82. The molecule has 1 heterocycles. The van der Waals surface area contributed by atoms with Gasteiger partial charge in [0.05, 0.1) is 17.2 Å². The number of amides is 1. The number of nitrogens with one attached hydrogen (secondary N) is 2. The van der Waals surface area contributed by atoms with Crippen molar-refractivity contribution in [3.63, 3.8) is 0 Å². The summed E-state index contributed by atoms with van der Waals surface area (Å²) in [6.45, 7) is 0. The van der Waals surface area contributed by atoms with Crippen LogP contribution in [0.5, 0.6) is 0 Å². The average Bonchev–Trinajstić information content (AvgIpc) is 3.17. The number of carbonyl (C=O) groups excluding carboxylic acids is 1. The number of fused-ring (bicyclic) bond motifs is 1. The van der Waals surface area contributed by atoms with Crippen molar-refractivity contribution in [2.24, 2.45) is 5.16 Å². The Labute approximate surface area is 159 Å². The van der Waals surface area contributed by atoms with E-state index in [0.29, 0.717) is 16.9 Å². The molecule has 28 heavy (non-hydrogen) atoms. The van der Waals surface area contributed by atoms with Crippen molar-refractivity contribution in [3.8, 4) is 22.5 Å². The lowest BCUT2D eigenvalue weighted by Gasteiger charge is -2.03. The number of oxime groups is 1. The number of imidazole rings is 1. The van der Waals surface area contributed by atoms with Crippen LogP contribution in [0, 0.1) is 0 Å². The van der Waals surface area contributed by atoms with Gasteiger partial charge in [-0.05, 0) is 34.9 Å². The zero-order chi connectivity index (χ0) is 19.5. The van der Waals surface area contributed by atoms with Gasteiger partial charge in [0.2, 0.25) is 0 Å². The number of nitrogens with zero attached hydrogens (tertiary/aromatic N) is 2. The lowest BCUT2D eigenvalue weighted by atomic mass is 10.0. The molecule has 1 aromatic heterocycles. The Morgan fingerprint density at radius 2 is 1.61 bits per heavy atom. The topological polar surface area (TPSA) is 111 Å². The Kier molecular flexibility index (Phi) is 4.57. The van der Waals surface area contributed by atoms with E-state index in [9.17, 15) is 4.79 Å². The third-order valence-electron chi connectivity index (χ3n) is 4.45. The van der Waals surface area contributed by atoms with E-state index >= 15 is 0 Å². The number of rotatable bonds is 4. The molecule has 4 rings (SSSR count). The van der Waals surface area contributed by atoms with Gasteiger partial charge in [0, 0.05) is 11.1 Å². The highest BCUT2D eigenvalue weighted by atomic mass is 16.5. The molecule has 7 nitrogen and oxygen atoms in total. The number of H-pyrrole nitrogens is 1. The summed E-state index contributed by atoms with van der Waals surface area (Å²) in [7, 11) is 0. The largest absolute Gasteiger partial charge is 0.411 e. The van der Waals surface area contributed by atoms with Gasteiger partial charge in [0.1, 0.15) is 5.82 Å². The molecule has 1 amide bonds. The van der Waals surface area contributed by atoms with Crippen LogP contribution in [0.25, 0.3) is 33.5 Å². The highest BCUT2D eigenvalue weighted by Crippen LogP contribution is 2.25.